The zero-order valence-corrected chi connectivity index (χ0v) is 13.0. The molecule has 0 fully saturated rings. The number of nitrogens with two attached hydrogens (primary N) is 1. The van der Waals surface area contributed by atoms with Crippen molar-refractivity contribution in [3.05, 3.63) is 39.5 Å². The number of anilines is 1. The van der Waals surface area contributed by atoms with Gasteiger partial charge >= 0.3 is 0 Å². The van der Waals surface area contributed by atoms with E-state index in [-0.39, 0.29) is 0 Å². The monoisotopic (exact) mass is 322 g/mol. The van der Waals surface area contributed by atoms with Gasteiger partial charge in [-0.1, -0.05) is 29.6 Å². The lowest BCUT2D eigenvalue weighted by atomic mass is 10.1. The van der Waals surface area contributed by atoms with Crippen molar-refractivity contribution in [2.24, 2.45) is 5.84 Å². The van der Waals surface area contributed by atoms with E-state index in [0.29, 0.717) is 21.7 Å². The number of nitrogens with zero attached hydrogens (tertiary/aromatic N) is 2. The van der Waals surface area contributed by atoms with Gasteiger partial charge in [0.05, 0.1) is 10.0 Å². The van der Waals surface area contributed by atoms with Crippen LogP contribution in [0.25, 0.3) is 11.4 Å². The van der Waals surface area contributed by atoms with E-state index >= 15 is 0 Å². The SMILES string of the molecule is NNc1nc(-c2ccc(Cl)c(Cl)c2)nc2c1CCCCC2. The van der Waals surface area contributed by atoms with Crippen molar-refractivity contribution >= 4 is 29.0 Å². The lowest BCUT2D eigenvalue weighted by molar-refractivity contribution is 0.709. The number of hydrazine groups is 1. The number of nitrogen functional groups attached to an aromatic ring is 1. The van der Waals surface area contributed by atoms with Gasteiger partial charge in [0.25, 0.3) is 0 Å². The van der Waals surface area contributed by atoms with Crippen LogP contribution in [0, 0.1) is 0 Å². The molecule has 0 unspecified atom stereocenters. The van der Waals surface area contributed by atoms with Gasteiger partial charge in [0.2, 0.25) is 0 Å². The van der Waals surface area contributed by atoms with E-state index in [2.05, 4.69) is 10.4 Å². The molecule has 21 heavy (non-hydrogen) atoms. The molecule has 3 rings (SSSR count). The second-order valence-corrected chi connectivity index (χ2v) is 5.97. The van der Waals surface area contributed by atoms with Crippen LogP contribution in [0.4, 0.5) is 5.82 Å². The first-order chi connectivity index (χ1) is 10.2. The van der Waals surface area contributed by atoms with Crippen LogP contribution in [0.15, 0.2) is 18.2 Å². The fourth-order valence-electron chi connectivity index (χ4n) is 2.65. The van der Waals surface area contributed by atoms with Gasteiger partial charge in [-0.25, -0.2) is 15.8 Å². The molecule has 110 valence electrons. The Morgan fingerprint density at radius 1 is 1.00 bits per heavy atom. The molecule has 0 atom stereocenters. The van der Waals surface area contributed by atoms with E-state index in [1.54, 1.807) is 12.1 Å². The topological polar surface area (TPSA) is 63.8 Å². The first kappa shape index (κ1) is 14.6. The van der Waals surface area contributed by atoms with Gasteiger partial charge in [0.15, 0.2) is 5.82 Å². The molecule has 0 amide bonds. The van der Waals surface area contributed by atoms with Gasteiger partial charge in [0.1, 0.15) is 5.82 Å². The molecule has 1 aliphatic rings. The number of aromatic nitrogens is 2. The molecule has 4 nitrogen and oxygen atoms in total. The van der Waals surface area contributed by atoms with Crippen LogP contribution in [-0.2, 0) is 12.8 Å². The maximum Gasteiger partial charge on any atom is 0.161 e. The molecule has 1 heterocycles. The van der Waals surface area contributed by atoms with Crippen molar-refractivity contribution in [1.29, 1.82) is 0 Å². The predicted octanol–water partition coefficient (Wildman–Crippen LogP) is 4.00. The van der Waals surface area contributed by atoms with E-state index in [9.17, 15) is 0 Å². The lowest BCUT2D eigenvalue weighted by Gasteiger charge is -2.13. The average Bonchev–Trinajstić information content (AvgIpc) is 2.74. The Hall–Kier alpha value is -1.36. The fourth-order valence-corrected chi connectivity index (χ4v) is 2.95. The molecular weight excluding hydrogens is 307 g/mol. The number of rotatable bonds is 2. The number of hydrogen-bond donors (Lipinski definition) is 2. The quantitative estimate of drug-likeness (QED) is 0.498. The minimum atomic E-state index is 0.495. The third kappa shape index (κ3) is 2.98. The van der Waals surface area contributed by atoms with Crippen molar-refractivity contribution < 1.29 is 0 Å². The van der Waals surface area contributed by atoms with Crippen LogP contribution < -0.4 is 11.3 Å². The summed E-state index contributed by atoms with van der Waals surface area (Å²) in [6, 6.07) is 5.40. The molecule has 1 aromatic carbocycles. The van der Waals surface area contributed by atoms with Crippen molar-refractivity contribution in [3.8, 4) is 11.4 Å². The summed E-state index contributed by atoms with van der Waals surface area (Å²) in [5.74, 6) is 6.98. The van der Waals surface area contributed by atoms with Gasteiger partial charge in [-0.3, -0.25) is 0 Å². The summed E-state index contributed by atoms with van der Waals surface area (Å²) in [5.41, 5.74) is 5.77. The maximum absolute atomic E-state index is 6.08. The Labute approximate surface area is 133 Å². The summed E-state index contributed by atoms with van der Waals surface area (Å²) in [5, 5.41) is 1.02. The average molecular weight is 323 g/mol. The predicted molar refractivity (Wildman–Crippen MR) is 86.6 cm³/mol. The number of nitrogens with one attached hydrogen (secondary N) is 1. The molecule has 0 saturated carbocycles. The van der Waals surface area contributed by atoms with Crippen LogP contribution in [0.2, 0.25) is 10.0 Å². The van der Waals surface area contributed by atoms with Gasteiger partial charge in [-0.05, 0) is 43.9 Å². The molecule has 1 aromatic heterocycles. The molecule has 0 saturated heterocycles. The number of fused-ring (bicyclic) bond motifs is 1. The summed E-state index contributed by atoms with van der Waals surface area (Å²) in [6.07, 6.45) is 5.44. The minimum absolute atomic E-state index is 0.495. The third-order valence-corrected chi connectivity index (χ3v) is 4.49. The van der Waals surface area contributed by atoms with Crippen molar-refractivity contribution in [2.45, 2.75) is 32.1 Å². The summed E-state index contributed by atoms with van der Waals surface area (Å²) < 4.78 is 0. The molecular formula is C15H16Cl2N4. The van der Waals surface area contributed by atoms with Gasteiger partial charge < -0.3 is 5.43 Å². The second-order valence-electron chi connectivity index (χ2n) is 5.15. The van der Waals surface area contributed by atoms with E-state index in [1.807, 2.05) is 6.07 Å². The molecule has 0 bridgehead atoms. The van der Waals surface area contributed by atoms with Crippen LogP contribution in [0.1, 0.15) is 30.5 Å². The van der Waals surface area contributed by atoms with Gasteiger partial charge in [-0.2, -0.15) is 0 Å². The first-order valence-electron chi connectivity index (χ1n) is 7.01. The van der Waals surface area contributed by atoms with Crippen LogP contribution >= 0.6 is 23.2 Å². The Kier molecular flexibility index (Phi) is 4.29. The summed E-state index contributed by atoms with van der Waals surface area (Å²) in [6.45, 7) is 0. The first-order valence-corrected chi connectivity index (χ1v) is 7.76. The minimum Gasteiger partial charge on any atom is -0.308 e. The fraction of sp³-hybridized carbons (Fsp3) is 0.333. The van der Waals surface area contributed by atoms with Crippen LogP contribution in [0.5, 0.6) is 0 Å². The highest BCUT2D eigenvalue weighted by molar-refractivity contribution is 6.42. The normalized spacial score (nSPS) is 14.4. The molecule has 6 heteroatoms. The Bertz CT molecular complexity index is 673. The van der Waals surface area contributed by atoms with Crippen molar-refractivity contribution in [2.75, 3.05) is 5.43 Å². The zero-order valence-electron chi connectivity index (χ0n) is 11.5. The highest BCUT2D eigenvalue weighted by Crippen LogP contribution is 2.30. The number of hydrogen-bond acceptors (Lipinski definition) is 4. The van der Waals surface area contributed by atoms with Gasteiger partial charge in [0, 0.05) is 16.8 Å². The standard InChI is InChI=1S/C15H16Cl2N4/c16-11-7-6-9(8-12(11)17)14-19-13-5-3-1-2-4-10(13)15(20-14)21-18/h6-8H,1-5,18H2,(H,19,20,21). The number of aryl methyl sites for hydroxylation is 1. The molecule has 0 radical (unpaired) electrons. The Morgan fingerprint density at radius 2 is 1.81 bits per heavy atom. The van der Waals surface area contributed by atoms with E-state index in [1.165, 1.54) is 6.42 Å². The second kappa shape index (κ2) is 6.18. The summed E-state index contributed by atoms with van der Waals surface area (Å²) in [7, 11) is 0. The van der Waals surface area contributed by atoms with E-state index in [0.717, 1.165) is 42.5 Å². The van der Waals surface area contributed by atoms with Crippen LogP contribution in [0.3, 0.4) is 0 Å². The molecule has 3 N–H and O–H groups in total. The highest BCUT2D eigenvalue weighted by Gasteiger charge is 2.17. The van der Waals surface area contributed by atoms with E-state index < -0.39 is 0 Å². The van der Waals surface area contributed by atoms with Crippen molar-refractivity contribution in [1.82, 2.24) is 9.97 Å². The third-order valence-electron chi connectivity index (χ3n) is 3.75. The zero-order chi connectivity index (χ0) is 14.8. The summed E-state index contributed by atoms with van der Waals surface area (Å²) in [4.78, 5) is 9.25. The largest absolute Gasteiger partial charge is 0.308 e. The van der Waals surface area contributed by atoms with Crippen LogP contribution in [-0.4, -0.2) is 9.97 Å². The summed E-state index contributed by atoms with van der Waals surface area (Å²) >= 11 is 12.0. The lowest BCUT2D eigenvalue weighted by Crippen LogP contribution is -2.14. The number of halogens is 2. The molecule has 1 aliphatic carbocycles. The van der Waals surface area contributed by atoms with E-state index in [4.69, 9.17) is 34.0 Å². The maximum atomic E-state index is 6.08. The smallest absolute Gasteiger partial charge is 0.161 e. The van der Waals surface area contributed by atoms with Gasteiger partial charge in [-0.15, -0.1) is 0 Å². The molecule has 2 aromatic rings. The number of benzene rings is 1. The Balaban J connectivity index is 2.10. The molecule has 0 aliphatic heterocycles. The Morgan fingerprint density at radius 3 is 2.57 bits per heavy atom. The highest BCUT2D eigenvalue weighted by atomic mass is 35.5. The molecule has 0 spiro atoms. The van der Waals surface area contributed by atoms with Crippen molar-refractivity contribution in [3.63, 3.8) is 0 Å².